The first-order valence-corrected chi connectivity index (χ1v) is 24.0. The van der Waals surface area contributed by atoms with Crippen molar-refractivity contribution in [2.24, 2.45) is 0 Å². The van der Waals surface area contributed by atoms with Crippen LogP contribution in [0, 0.1) is 0 Å². The molecule has 0 spiro atoms. The average Bonchev–Trinajstić information content (AvgIpc) is 0.831. The normalized spacial score (nSPS) is 19.6. The Labute approximate surface area is 459 Å². The number of aromatic amines is 1. The number of nitrogens with one attached hydrogen (secondary N) is 2. The van der Waals surface area contributed by atoms with E-state index in [-0.39, 0.29) is 13.0 Å². The van der Waals surface area contributed by atoms with Crippen molar-refractivity contribution in [3.8, 4) is 0 Å². The molecule has 506 valence electrons. The number of halogens is 34. The predicted octanol–water partition coefficient (Wildman–Crippen LogP) is 10.00. The van der Waals surface area contributed by atoms with E-state index in [4.69, 9.17) is 14.2 Å². The number of aliphatic hydroxyl groups excluding tert-OH is 2. The Morgan fingerprint density at radius 2 is 1.00 bits per heavy atom. The van der Waals surface area contributed by atoms with E-state index >= 15 is 0 Å². The molecule has 50 heteroatoms. The lowest BCUT2D eigenvalue weighted by atomic mass is 9.90. The average molecular weight is 1390 g/mol. The van der Waals surface area contributed by atoms with Crippen LogP contribution in [0.4, 0.5) is 154 Å². The van der Waals surface area contributed by atoms with Crippen LogP contribution < -0.4 is 16.6 Å². The number of H-pyrrole nitrogens is 1. The zero-order chi connectivity index (χ0) is 68.1. The van der Waals surface area contributed by atoms with E-state index < -0.39 is 208 Å². The highest BCUT2D eigenvalue weighted by Gasteiger charge is 2.97. The van der Waals surface area contributed by atoms with E-state index in [1.165, 1.54) is 0 Å². The number of quaternary nitrogens is 1. The van der Waals surface area contributed by atoms with E-state index in [0.29, 0.717) is 4.57 Å². The lowest BCUT2D eigenvalue weighted by molar-refractivity contribution is -0.888. The molecule has 1 fully saturated rings. The summed E-state index contributed by atoms with van der Waals surface area (Å²) in [6, 6.07) is 0.819. The maximum Gasteiger partial charge on any atom is 0.460 e. The Bertz CT molecular complexity index is 2480. The van der Waals surface area contributed by atoms with Gasteiger partial charge >= 0.3 is 107 Å². The van der Waals surface area contributed by atoms with Gasteiger partial charge in [0.25, 0.3) is 5.56 Å². The fraction of sp³-hybridized carbons (Fsp3) is 0.861. The minimum atomic E-state index is -9.51. The summed E-state index contributed by atoms with van der Waals surface area (Å²) in [4.78, 5) is 37.9. The lowest BCUT2D eigenvalue weighted by Crippen LogP contribution is -2.75. The quantitative estimate of drug-likeness (QED) is 0.0183. The van der Waals surface area contributed by atoms with Gasteiger partial charge in [0.05, 0.1) is 52.8 Å². The van der Waals surface area contributed by atoms with Crippen LogP contribution in [0.5, 0.6) is 0 Å². The third kappa shape index (κ3) is 13.8. The second kappa shape index (κ2) is 25.0. The Balaban J connectivity index is 2.43. The first-order valence-electron chi connectivity index (χ1n) is 21.6. The van der Waals surface area contributed by atoms with Crippen LogP contribution in [0.15, 0.2) is 21.9 Å². The molecule has 0 aromatic carbocycles. The van der Waals surface area contributed by atoms with Gasteiger partial charge < -0.3 is 34.2 Å². The van der Waals surface area contributed by atoms with Gasteiger partial charge in [0.2, 0.25) is 5.62 Å². The Hall–Kier alpha value is -4.01. The first-order chi connectivity index (χ1) is 37.9. The number of carbonyl (C=O) groups is 1. The second-order valence-electron chi connectivity index (χ2n) is 17.8. The molecule has 4 atom stereocenters. The molecule has 0 bridgehead atoms. The molecule has 2 rings (SSSR count). The maximum absolute atomic E-state index is 14.8. The van der Waals surface area contributed by atoms with Crippen LogP contribution in [0.2, 0.25) is 0 Å². The summed E-state index contributed by atoms with van der Waals surface area (Å²) in [6.45, 7) is -3.36. The highest BCUT2D eigenvalue weighted by molar-refractivity contribution is 8.76. The molecule has 0 aliphatic carbocycles. The van der Waals surface area contributed by atoms with Crippen molar-refractivity contribution in [2.75, 3.05) is 59.3 Å². The molecule has 86 heavy (non-hydrogen) atoms. The molecule has 1 saturated heterocycles. The highest BCUT2D eigenvalue weighted by Crippen LogP contribution is 2.67. The van der Waals surface area contributed by atoms with E-state index in [2.05, 4.69) is 14.8 Å². The highest BCUT2D eigenvalue weighted by atomic mass is 33.1. The summed E-state index contributed by atoms with van der Waals surface area (Å²) in [5.74, 6) is -112. The van der Waals surface area contributed by atoms with Crippen molar-refractivity contribution >= 4 is 27.7 Å². The number of carbonyl (C=O) groups excluding carboxylic acids is 1. The van der Waals surface area contributed by atoms with Gasteiger partial charge in [0.15, 0.2) is 12.3 Å². The zero-order valence-electron chi connectivity index (χ0n) is 40.9. The number of amides is 1. The van der Waals surface area contributed by atoms with Gasteiger partial charge in [-0.25, -0.2) is 9.59 Å². The first kappa shape index (κ1) is 78.1. The van der Waals surface area contributed by atoms with Gasteiger partial charge in [0.1, 0.15) is 12.2 Å². The Morgan fingerprint density at radius 1 is 0.616 bits per heavy atom. The number of ether oxygens (including phenoxy) is 5. The fourth-order valence-electron chi connectivity index (χ4n) is 6.19. The fourth-order valence-corrected chi connectivity index (χ4v) is 8.36. The molecule has 1 unspecified atom stereocenters. The molecule has 1 aromatic rings. The van der Waals surface area contributed by atoms with Crippen LogP contribution in [0.1, 0.15) is 12.6 Å². The third-order valence-corrected chi connectivity index (χ3v) is 13.4. The molecule has 14 nitrogen and oxygen atoms in total. The largest absolute Gasteiger partial charge is 0.460 e. The minimum absolute atomic E-state index is 0.230. The molecule has 1 aliphatic heterocycles. The van der Waals surface area contributed by atoms with Crippen molar-refractivity contribution in [3.05, 3.63) is 33.1 Å². The van der Waals surface area contributed by atoms with E-state index in [9.17, 15) is 174 Å². The number of rotatable bonds is 31. The van der Waals surface area contributed by atoms with Crippen molar-refractivity contribution in [1.29, 1.82) is 0 Å². The molecule has 4 N–H and O–H groups in total. The molecule has 1 amide bonds. The number of nitrogens with zero attached hydrogens (tertiary/aromatic N) is 2. The lowest BCUT2D eigenvalue weighted by Gasteiger charge is -2.43. The smallest absolute Gasteiger partial charge is 0.439 e. The summed E-state index contributed by atoms with van der Waals surface area (Å²) < 4.78 is 490. The third-order valence-electron chi connectivity index (χ3n) is 11.2. The van der Waals surface area contributed by atoms with Gasteiger partial charge in [-0.1, -0.05) is 10.8 Å². The molecular formula is C36H33F34N4O10S2+. The summed E-state index contributed by atoms with van der Waals surface area (Å²) in [5.41, 5.74) is -7.45. The predicted molar refractivity (Wildman–Crippen MR) is 211 cm³/mol. The molecule has 0 radical (unpaired) electrons. The summed E-state index contributed by atoms with van der Waals surface area (Å²) in [6.07, 6.45) is -41.0. The number of aromatic nitrogens is 2. The van der Waals surface area contributed by atoms with Crippen LogP contribution in [-0.2, 0) is 23.7 Å². The van der Waals surface area contributed by atoms with Gasteiger partial charge in [-0.05, 0) is 10.8 Å². The van der Waals surface area contributed by atoms with Gasteiger partial charge in [-0.2, -0.15) is 149 Å². The summed E-state index contributed by atoms with van der Waals surface area (Å²) in [5, 5.41) is 21.9. The van der Waals surface area contributed by atoms with E-state index in [1.54, 1.807) is 0 Å². The van der Waals surface area contributed by atoms with E-state index in [0.717, 1.165) is 26.4 Å². The Kier molecular flexibility index (Phi) is 22.7. The molecule has 1 aromatic heterocycles. The topological polar surface area (TPSA) is 171 Å². The number of hydrogen-bond acceptors (Lipinski definition) is 12. The van der Waals surface area contributed by atoms with Crippen molar-refractivity contribution in [3.63, 3.8) is 0 Å². The number of aliphatic hydroxyl groups is 2. The zero-order valence-corrected chi connectivity index (χ0v) is 42.6. The monoisotopic (exact) mass is 1390 g/mol. The molecule has 2 heterocycles. The van der Waals surface area contributed by atoms with Crippen LogP contribution in [0.3, 0.4) is 0 Å². The second-order valence-corrected chi connectivity index (χ2v) is 20.3. The standard InChI is InChI=1S/C36H32F34N4O10S2/c1-74(2,7-3-9-80-10-5-71-19(79)82-16-15(77)13(12-75)81-17(16)73-6-4-14(76)72-18(73)78)8-11-85-86-20(83-35(67,68)31(57,58)27(49,50)23(41,42)21(37,38)25(45,46)29(53,54)33(61,62)63)84-36(69,70)32(59,60)28(51,52)24(43,44)22(39,40)26(47,48)30(55,56)34(64,65)66/h4,6,13,15-17,20,75,77H,3,5,7-12H2,1-2H3,(H-,71,72,76,78,79)/p+1/t13-,15?,16+,17-/m1/s1. The number of hydrogen-bond donors (Lipinski definition) is 4. The van der Waals surface area contributed by atoms with Crippen molar-refractivity contribution in [1.82, 2.24) is 14.9 Å². The van der Waals surface area contributed by atoms with Crippen LogP contribution in [-0.4, -0.2) is 209 Å². The van der Waals surface area contributed by atoms with Crippen LogP contribution >= 0.6 is 21.6 Å². The van der Waals surface area contributed by atoms with Crippen molar-refractivity contribution in [2.45, 2.75) is 132 Å². The summed E-state index contributed by atoms with van der Waals surface area (Å²) >= 11 is 0. The molecule has 0 saturated carbocycles. The summed E-state index contributed by atoms with van der Waals surface area (Å²) in [7, 11) is -0.518. The maximum atomic E-state index is 14.8. The van der Waals surface area contributed by atoms with Crippen LogP contribution in [0.25, 0.3) is 0 Å². The SMILES string of the molecule is C[N+](C)(CCCOCCNC(=O)O[C@H]1C(O)[C@@H](CO)O[C@H]1n1ccc(=O)[nH]c1=O)CCSSC(OC(F)(F)C(F)(F)C(F)(F)C(F)(F)C(F)(F)C(F)(F)C(F)(F)C(F)(F)F)OC(F)(F)C(F)(F)C(F)(F)C(F)(F)C(F)(F)C(F)(F)C(F)(F)C(F)(F)F. The minimum Gasteiger partial charge on any atom is -0.439 e. The van der Waals surface area contributed by atoms with Gasteiger partial charge in [-0.3, -0.25) is 23.8 Å². The molecule has 1 aliphatic rings. The number of alkyl carbamates (subject to hydrolysis) is 1. The van der Waals surface area contributed by atoms with E-state index in [1.807, 2.05) is 4.98 Å². The number of alkyl halides is 34. The van der Waals surface area contributed by atoms with Crippen molar-refractivity contribution < 1.29 is 192 Å². The molecular weight excluding hydrogens is 1360 g/mol. The van der Waals surface area contributed by atoms with Gasteiger partial charge in [0, 0.05) is 25.2 Å². The Morgan fingerprint density at radius 3 is 1.37 bits per heavy atom. The van der Waals surface area contributed by atoms with Gasteiger partial charge in [-0.15, -0.1) is 0 Å².